The molecule has 0 aliphatic rings. The Morgan fingerprint density at radius 1 is 1.16 bits per heavy atom. The molecule has 3 heteroatoms. The van der Waals surface area contributed by atoms with Gasteiger partial charge in [0, 0.05) is 11.1 Å². The summed E-state index contributed by atoms with van der Waals surface area (Å²) in [6.07, 6.45) is 0. The first kappa shape index (κ1) is 13.8. The molecule has 1 N–H and O–H groups in total. The molecule has 2 nitrogen and oxygen atoms in total. The van der Waals surface area contributed by atoms with Gasteiger partial charge in [-0.05, 0) is 43.2 Å². The van der Waals surface area contributed by atoms with Crippen molar-refractivity contribution in [3.05, 3.63) is 58.6 Å². The first-order valence-electron chi connectivity index (χ1n) is 6.27. The zero-order valence-corrected chi connectivity index (χ0v) is 12.2. The predicted molar refractivity (Wildman–Crippen MR) is 81.2 cm³/mol. The Hall–Kier alpha value is -1.67. The minimum atomic E-state index is 0.188. The van der Waals surface area contributed by atoms with Crippen molar-refractivity contribution in [1.29, 1.82) is 0 Å². The van der Waals surface area contributed by atoms with E-state index in [1.165, 1.54) is 11.1 Å². The quantitative estimate of drug-likeness (QED) is 0.863. The summed E-state index contributed by atoms with van der Waals surface area (Å²) in [6.45, 7) is 4.24. The average molecular weight is 276 g/mol. The summed E-state index contributed by atoms with van der Waals surface area (Å²) in [5.41, 5.74) is 3.44. The molecule has 0 spiro atoms. The number of hydrogen-bond acceptors (Lipinski definition) is 2. The maximum Gasteiger partial charge on any atom is 0.142 e. The molecule has 1 unspecified atom stereocenters. The Labute approximate surface area is 119 Å². The van der Waals surface area contributed by atoms with Crippen LogP contribution >= 0.6 is 11.6 Å². The van der Waals surface area contributed by atoms with Crippen LogP contribution in [0.3, 0.4) is 0 Å². The van der Waals surface area contributed by atoms with Crippen molar-refractivity contribution >= 4 is 17.3 Å². The third-order valence-corrected chi connectivity index (χ3v) is 3.42. The van der Waals surface area contributed by atoms with Gasteiger partial charge in [0.2, 0.25) is 0 Å². The van der Waals surface area contributed by atoms with Crippen LogP contribution in [0.15, 0.2) is 42.5 Å². The van der Waals surface area contributed by atoms with Gasteiger partial charge in [-0.15, -0.1) is 0 Å². The van der Waals surface area contributed by atoms with Crippen molar-refractivity contribution in [2.75, 3.05) is 12.4 Å². The van der Waals surface area contributed by atoms with E-state index in [1.807, 2.05) is 24.3 Å². The molecule has 0 bridgehead atoms. The van der Waals surface area contributed by atoms with Crippen molar-refractivity contribution < 1.29 is 4.74 Å². The lowest BCUT2D eigenvalue weighted by atomic mass is 10.0. The van der Waals surface area contributed by atoms with Gasteiger partial charge in [-0.25, -0.2) is 0 Å². The van der Waals surface area contributed by atoms with Crippen LogP contribution in [-0.4, -0.2) is 7.11 Å². The van der Waals surface area contributed by atoms with Crippen LogP contribution in [0.25, 0.3) is 0 Å². The molecular formula is C16H18ClNO. The standard InChI is InChI=1S/C16H18ClNO/c1-11-6-4-5-7-14(11)12(2)18-15-10-13(17)8-9-16(15)19-3/h4-10,12,18H,1-3H3. The van der Waals surface area contributed by atoms with E-state index in [0.717, 1.165) is 11.4 Å². The monoisotopic (exact) mass is 275 g/mol. The fraction of sp³-hybridized carbons (Fsp3) is 0.250. The summed E-state index contributed by atoms with van der Waals surface area (Å²) < 4.78 is 5.35. The molecule has 19 heavy (non-hydrogen) atoms. The molecule has 0 saturated carbocycles. The largest absolute Gasteiger partial charge is 0.495 e. The number of halogens is 1. The maximum absolute atomic E-state index is 6.04. The van der Waals surface area contributed by atoms with Crippen molar-refractivity contribution in [3.63, 3.8) is 0 Å². The Balaban J connectivity index is 2.26. The first-order valence-corrected chi connectivity index (χ1v) is 6.65. The lowest BCUT2D eigenvalue weighted by Gasteiger charge is -2.19. The summed E-state index contributed by atoms with van der Waals surface area (Å²) in [5.74, 6) is 0.796. The normalized spacial score (nSPS) is 12.0. The summed E-state index contributed by atoms with van der Waals surface area (Å²) >= 11 is 6.04. The van der Waals surface area contributed by atoms with E-state index in [0.29, 0.717) is 5.02 Å². The molecule has 2 rings (SSSR count). The third-order valence-electron chi connectivity index (χ3n) is 3.19. The Morgan fingerprint density at radius 3 is 2.58 bits per heavy atom. The van der Waals surface area contributed by atoms with E-state index >= 15 is 0 Å². The van der Waals surface area contributed by atoms with Gasteiger partial charge in [0.25, 0.3) is 0 Å². The van der Waals surface area contributed by atoms with Crippen LogP contribution < -0.4 is 10.1 Å². The topological polar surface area (TPSA) is 21.3 Å². The number of methoxy groups -OCH3 is 1. The summed E-state index contributed by atoms with van der Waals surface area (Å²) in [5, 5.41) is 4.14. The van der Waals surface area contributed by atoms with Gasteiger partial charge in [0.1, 0.15) is 5.75 Å². The molecular weight excluding hydrogens is 258 g/mol. The molecule has 2 aromatic carbocycles. The second-order valence-corrected chi connectivity index (χ2v) is 5.00. The van der Waals surface area contributed by atoms with E-state index < -0.39 is 0 Å². The number of ether oxygens (including phenoxy) is 1. The predicted octanol–water partition coefficient (Wildman–Crippen LogP) is 4.83. The maximum atomic E-state index is 6.04. The first-order chi connectivity index (χ1) is 9.11. The van der Waals surface area contributed by atoms with Gasteiger partial charge in [-0.1, -0.05) is 35.9 Å². The van der Waals surface area contributed by atoms with Gasteiger partial charge in [-0.3, -0.25) is 0 Å². The number of benzene rings is 2. The number of rotatable bonds is 4. The smallest absolute Gasteiger partial charge is 0.142 e. The van der Waals surface area contributed by atoms with E-state index in [4.69, 9.17) is 16.3 Å². The second-order valence-electron chi connectivity index (χ2n) is 4.57. The van der Waals surface area contributed by atoms with Crippen molar-refractivity contribution in [3.8, 4) is 5.75 Å². The fourth-order valence-corrected chi connectivity index (χ4v) is 2.35. The van der Waals surface area contributed by atoms with Gasteiger partial charge < -0.3 is 10.1 Å². The number of aryl methyl sites for hydroxylation is 1. The molecule has 0 aliphatic carbocycles. The Morgan fingerprint density at radius 2 is 1.89 bits per heavy atom. The highest BCUT2D eigenvalue weighted by molar-refractivity contribution is 6.30. The van der Waals surface area contributed by atoms with Gasteiger partial charge >= 0.3 is 0 Å². The van der Waals surface area contributed by atoms with Crippen molar-refractivity contribution in [2.45, 2.75) is 19.9 Å². The van der Waals surface area contributed by atoms with Crippen LogP contribution in [0.2, 0.25) is 5.02 Å². The highest BCUT2D eigenvalue weighted by Crippen LogP contribution is 2.31. The van der Waals surface area contributed by atoms with E-state index in [9.17, 15) is 0 Å². The highest BCUT2D eigenvalue weighted by atomic mass is 35.5. The summed E-state index contributed by atoms with van der Waals surface area (Å²) in [6, 6.07) is 14.1. The van der Waals surface area contributed by atoms with E-state index in [-0.39, 0.29) is 6.04 Å². The lowest BCUT2D eigenvalue weighted by Crippen LogP contribution is -2.09. The zero-order valence-electron chi connectivity index (χ0n) is 11.4. The highest BCUT2D eigenvalue weighted by Gasteiger charge is 2.11. The van der Waals surface area contributed by atoms with Gasteiger partial charge in [0.15, 0.2) is 0 Å². The number of anilines is 1. The number of hydrogen-bond donors (Lipinski definition) is 1. The molecule has 0 saturated heterocycles. The molecule has 0 heterocycles. The second kappa shape index (κ2) is 5.98. The SMILES string of the molecule is COc1ccc(Cl)cc1NC(C)c1ccccc1C. The summed E-state index contributed by atoms with van der Waals surface area (Å²) in [7, 11) is 1.66. The Bertz CT molecular complexity index is 568. The molecule has 0 fully saturated rings. The minimum Gasteiger partial charge on any atom is -0.495 e. The van der Waals surface area contributed by atoms with Gasteiger partial charge in [0.05, 0.1) is 12.8 Å². The molecule has 2 aromatic rings. The third kappa shape index (κ3) is 3.21. The lowest BCUT2D eigenvalue weighted by molar-refractivity contribution is 0.416. The molecule has 1 atom stereocenters. The van der Waals surface area contributed by atoms with E-state index in [2.05, 4.69) is 37.4 Å². The van der Waals surface area contributed by atoms with Gasteiger partial charge in [-0.2, -0.15) is 0 Å². The van der Waals surface area contributed by atoms with E-state index in [1.54, 1.807) is 7.11 Å². The van der Waals surface area contributed by atoms with Crippen LogP contribution in [0.1, 0.15) is 24.1 Å². The molecule has 100 valence electrons. The van der Waals surface area contributed by atoms with Crippen LogP contribution in [0.5, 0.6) is 5.75 Å². The molecule has 0 amide bonds. The molecule has 0 aliphatic heterocycles. The van der Waals surface area contributed by atoms with Crippen molar-refractivity contribution in [2.24, 2.45) is 0 Å². The van der Waals surface area contributed by atoms with Crippen LogP contribution in [0.4, 0.5) is 5.69 Å². The number of nitrogens with one attached hydrogen (secondary N) is 1. The Kier molecular flexibility index (Phi) is 4.33. The van der Waals surface area contributed by atoms with Crippen LogP contribution in [-0.2, 0) is 0 Å². The summed E-state index contributed by atoms with van der Waals surface area (Å²) in [4.78, 5) is 0. The molecule has 0 radical (unpaired) electrons. The zero-order chi connectivity index (χ0) is 13.8. The van der Waals surface area contributed by atoms with Crippen molar-refractivity contribution in [1.82, 2.24) is 0 Å². The van der Waals surface area contributed by atoms with Crippen LogP contribution in [0, 0.1) is 6.92 Å². The minimum absolute atomic E-state index is 0.188. The molecule has 0 aromatic heterocycles. The fourth-order valence-electron chi connectivity index (χ4n) is 2.18. The average Bonchev–Trinajstić information content (AvgIpc) is 2.39.